The van der Waals surface area contributed by atoms with Crippen LogP contribution in [0.1, 0.15) is 22.1 Å². The van der Waals surface area contributed by atoms with E-state index >= 15 is 0 Å². The minimum Gasteiger partial charge on any atom is -0.369 e. The van der Waals surface area contributed by atoms with E-state index in [0.717, 1.165) is 0 Å². The van der Waals surface area contributed by atoms with Crippen molar-refractivity contribution in [2.24, 2.45) is 0 Å². The molecule has 6 heteroatoms. The lowest BCUT2D eigenvalue weighted by molar-refractivity contribution is -0.384. The van der Waals surface area contributed by atoms with Crippen LogP contribution in [0.3, 0.4) is 0 Å². The van der Waals surface area contributed by atoms with Gasteiger partial charge in [-0.1, -0.05) is 18.2 Å². The number of benzene rings is 2. The maximum atomic E-state index is 11.8. The Balaban J connectivity index is 2.06. The molecule has 0 spiro atoms. The van der Waals surface area contributed by atoms with Gasteiger partial charge in [-0.05, 0) is 24.3 Å². The van der Waals surface area contributed by atoms with Gasteiger partial charge >= 0.3 is 0 Å². The largest absolute Gasteiger partial charge is 0.369 e. The summed E-state index contributed by atoms with van der Waals surface area (Å²) >= 11 is 0. The Morgan fingerprint density at radius 2 is 1.70 bits per heavy atom. The van der Waals surface area contributed by atoms with Crippen LogP contribution in [0.15, 0.2) is 54.6 Å². The minimum absolute atomic E-state index is 0.0738. The standard InChI is InChI=1S/C14H12N2O4/c17-13(10-4-2-1-3-5-10)15-14(18)11-6-8-12(9-7-11)16(19)20/h1-9,14,18H,(H,15,17)/t14-/m0/s1. The van der Waals surface area contributed by atoms with Crippen molar-refractivity contribution in [2.75, 3.05) is 0 Å². The number of nitro benzene ring substituents is 1. The molecule has 0 unspecified atom stereocenters. The van der Waals surface area contributed by atoms with E-state index in [-0.39, 0.29) is 5.69 Å². The second-order valence-corrected chi connectivity index (χ2v) is 4.09. The number of rotatable bonds is 4. The van der Waals surface area contributed by atoms with Crippen molar-refractivity contribution >= 4 is 11.6 Å². The maximum absolute atomic E-state index is 11.8. The zero-order valence-corrected chi connectivity index (χ0v) is 10.4. The number of nitrogens with zero attached hydrogens (tertiary/aromatic N) is 1. The monoisotopic (exact) mass is 272 g/mol. The number of hydrogen-bond donors (Lipinski definition) is 2. The first-order chi connectivity index (χ1) is 9.58. The van der Waals surface area contributed by atoms with Crippen LogP contribution in [0.2, 0.25) is 0 Å². The van der Waals surface area contributed by atoms with Gasteiger partial charge in [-0.15, -0.1) is 0 Å². The maximum Gasteiger partial charge on any atom is 0.269 e. The Labute approximate surface area is 114 Å². The number of carbonyl (C=O) groups is 1. The van der Waals surface area contributed by atoms with E-state index < -0.39 is 17.1 Å². The van der Waals surface area contributed by atoms with E-state index in [9.17, 15) is 20.0 Å². The first-order valence-corrected chi connectivity index (χ1v) is 5.86. The molecule has 0 saturated carbocycles. The molecular weight excluding hydrogens is 260 g/mol. The van der Waals surface area contributed by atoms with Crippen LogP contribution in [-0.4, -0.2) is 15.9 Å². The molecule has 0 fully saturated rings. The van der Waals surface area contributed by atoms with Gasteiger partial charge in [0.25, 0.3) is 11.6 Å². The Morgan fingerprint density at radius 1 is 1.10 bits per heavy atom. The summed E-state index contributed by atoms with van der Waals surface area (Å²) < 4.78 is 0. The molecule has 1 amide bonds. The van der Waals surface area contributed by atoms with Crippen LogP contribution in [0, 0.1) is 10.1 Å². The first-order valence-electron chi connectivity index (χ1n) is 5.86. The molecule has 6 nitrogen and oxygen atoms in total. The zero-order chi connectivity index (χ0) is 14.5. The number of aliphatic hydroxyl groups excluding tert-OH is 1. The molecule has 0 aliphatic heterocycles. The molecule has 2 rings (SSSR count). The van der Waals surface area contributed by atoms with Crippen LogP contribution in [0.5, 0.6) is 0 Å². The number of aliphatic hydroxyl groups is 1. The van der Waals surface area contributed by atoms with Crippen LogP contribution >= 0.6 is 0 Å². The molecule has 0 aliphatic rings. The molecule has 2 aromatic rings. The molecule has 2 aromatic carbocycles. The average Bonchev–Trinajstić information content (AvgIpc) is 2.48. The number of carbonyl (C=O) groups excluding carboxylic acids is 1. The van der Waals surface area contributed by atoms with Crippen molar-refractivity contribution in [1.82, 2.24) is 5.32 Å². The number of hydrogen-bond acceptors (Lipinski definition) is 4. The van der Waals surface area contributed by atoms with E-state index in [1.54, 1.807) is 30.3 Å². The SMILES string of the molecule is O=C(N[C@@H](O)c1ccc([N+](=O)[O-])cc1)c1ccccc1. The Kier molecular flexibility index (Phi) is 4.07. The fraction of sp³-hybridized carbons (Fsp3) is 0.0714. The molecule has 0 heterocycles. The summed E-state index contributed by atoms with van der Waals surface area (Å²) in [5, 5.41) is 22.8. The van der Waals surface area contributed by atoms with E-state index in [2.05, 4.69) is 5.32 Å². The smallest absolute Gasteiger partial charge is 0.269 e. The molecule has 0 bridgehead atoms. The fourth-order valence-corrected chi connectivity index (χ4v) is 1.66. The van der Waals surface area contributed by atoms with Crippen molar-refractivity contribution in [3.8, 4) is 0 Å². The summed E-state index contributed by atoms with van der Waals surface area (Å²) in [4.78, 5) is 21.8. The van der Waals surface area contributed by atoms with Gasteiger partial charge in [0.15, 0.2) is 6.23 Å². The van der Waals surface area contributed by atoms with Gasteiger partial charge in [-0.2, -0.15) is 0 Å². The normalized spacial score (nSPS) is 11.7. The first kappa shape index (κ1) is 13.7. The minimum atomic E-state index is -1.22. The second-order valence-electron chi connectivity index (χ2n) is 4.09. The molecule has 0 radical (unpaired) electrons. The van der Waals surface area contributed by atoms with Crippen LogP contribution in [0.25, 0.3) is 0 Å². The van der Waals surface area contributed by atoms with Crippen LogP contribution in [0.4, 0.5) is 5.69 Å². The van der Waals surface area contributed by atoms with Crippen LogP contribution in [-0.2, 0) is 0 Å². The molecule has 0 aliphatic carbocycles. The second kappa shape index (κ2) is 5.94. The highest BCUT2D eigenvalue weighted by molar-refractivity contribution is 5.94. The van der Waals surface area contributed by atoms with E-state index in [4.69, 9.17) is 0 Å². The summed E-state index contributed by atoms with van der Waals surface area (Å²) in [6, 6.07) is 13.8. The predicted octanol–water partition coefficient (Wildman–Crippen LogP) is 2.02. The predicted molar refractivity (Wildman–Crippen MR) is 72.0 cm³/mol. The molecule has 20 heavy (non-hydrogen) atoms. The average molecular weight is 272 g/mol. The number of nitrogens with one attached hydrogen (secondary N) is 1. The van der Waals surface area contributed by atoms with E-state index in [0.29, 0.717) is 11.1 Å². The van der Waals surface area contributed by atoms with E-state index in [1.807, 2.05) is 0 Å². The van der Waals surface area contributed by atoms with Crippen molar-refractivity contribution < 1.29 is 14.8 Å². The number of nitro groups is 1. The summed E-state index contributed by atoms with van der Waals surface area (Å²) in [5.74, 6) is -0.420. The number of non-ortho nitro benzene ring substituents is 1. The van der Waals surface area contributed by atoms with Gasteiger partial charge in [0, 0.05) is 23.3 Å². The van der Waals surface area contributed by atoms with Crippen molar-refractivity contribution in [3.63, 3.8) is 0 Å². The third-order valence-corrected chi connectivity index (χ3v) is 2.72. The lowest BCUT2D eigenvalue weighted by Gasteiger charge is -2.13. The summed E-state index contributed by atoms with van der Waals surface area (Å²) in [6.07, 6.45) is -1.22. The molecule has 0 aromatic heterocycles. The van der Waals surface area contributed by atoms with Gasteiger partial charge in [0.05, 0.1) is 4.92 Å². The van der Waals surface area contributed by atoms with Gasteiger partial charge in [0.1, 0.15) is 0 Å². The summed E-state index contributed by atoms with van der Waals surface area (Å²) in [5.41, 5.74) is 0.726. The molecular formula is C14H12N2O4. The lowest BCUT2D eigenvalue weighted by atomic mass is 10.1. The molecule has 102 valence electrons. The van der Waals surface area contributed by atoms with Crippen molar-refractivity contribution in [2.45, 2.75) is 6.23 Å². The highest BCUT2D eigenvalue weighted by Crippen LogP contribution is 2.16. The van der Waals surface area contributed by atoms with Crippen molar-refractivity contribution in [1.29, 1.82) is 0 Å². The van der Waals surface area contributed by atoms with Crippen LogP contribution < -0.4 is 5.32 Å². The highest BCUT2D eigenvalue weighted by Gasteiger charge is 2.13. The van der Waals surface area contributed by atoms with E-state index in [1.165, 1.54) is 24.3 Å². The Morgan fingerprint density at radius 3 is 2.25 bits per heavy atom. The third-order valence-electron chi connectivity index (χ3n) is 2.72. The topological polar surface area (TPSA) is 92.5 Å². The summed E-state index contributed by atoms with van der Waals surface area (Å²) in [7, 11) is 0. The quantitative estimate of drug-likeness (QED) is 0.506. The highest BCUT2D eigenvalue weighted by atomic mass is 16.6. The van der Waals surface area contributed by atoms with Gasteiger partial charge in [-0.3, -0.25) is 14.9 Å². The van der Waals surface area contributed by atoms with Gasteiger partial charge < -0.3 is 10.4 Å². The molecule has 2 N–H and O–H groups in total. The molecule has 1 atom stereocenters. The van der Waals surface area contributed by atoms with Gasteiger partial charge in [0.2, 0.25) is 0 Å². The van der Waals surface area contributed by atoms with Crippen molar-refractivity contribution in [3.05, 3.63) is 75.8 Å². The van der Waals surface area contributed by atoms with Gasteiger partial charge in [-0.25, -0.2) is 0 Å². The number of amides is 1. The lowest BCUT2D eigenvalue weighted by Crippen LogP contribution is -2.28. The zero-order valence-electron chi connectivity index (χ0n) is 10.4. The summed E-state index contributed by atoms with van der Waals surface area (Å²) in [6.45, 7) is 0. The fourth-order valence-electron chi connectivity index (χ4n) is 1.66. The third kappa shape index (κ3) is 3.18. The Bertz CT molecular complexity index is 611. The molecule has 0 saturated heterocycles. The Hall–Kier alpha value is -2.73.